The third-order valence-electron chi connectivity index (χ3n) is 4.49. The van der Waals surface area contributed by atoms with Gasteiger partial charge in [0, 0.05) is 22.5 Å². The van der Waals surface area contributed by atoms with Crippen LogP contribution in [-0.2, 0) is 0 Å². The van der Waals surface area contributed by atoms with Crippen molar-refractivity contribution in [2.45, 2.75) is 20.3 Å². The minimum atomic E-state index is -0.227. The van der Waals surface area contributed by atoms with Crippen LogP contribution in [0.25, 0.3) is 0 Å². The summed E-state index contributed by atoms with van der Waals surface area (Å²) in [7, 11) is 0. The van der Waals surface area contributed by atoms with Gasteiger partial charge in [0.25, 0.3) is 11.8 Å². The molecule has 0 atom stereocenters. The van der Waals surface area contributed by atoms with Gasteiger partial charge in [0.2, 0.25) is 0 Å². The summed E-state index contributed by atoms with van der Waals surface area (Å²) in [4.78, 5) is 24.8. The second kappa shape index (κ2) is 10.3. The van der Waals surface area contributed by atoms with Gasteiger partial charge in [0.05, 0.1) is 6.61 Å². The van der Waals surface area contributed by atoms with Crippen LogP contribution in [0.4, 0.5) is 11.4 Å². The van der Waals surface area contributed by atoms with E-state index in [0.717, 1.165) is 12.2 Å². The van der Waals surface area contributed by atoms with E-state index in [1.807, 2.05) is 18.2 Å². The maximum absolute atomic E-state index is 12.5. The largest absolute Gasteiger partial charge is 0.494 e. The molecule has 0 aliphatic rings. The summed E-state index contributed by atoms with van der Waals surface area (Å²) < 4.78 is 5.69. The number of ether oxygens (including phenoxy) is 1. The number of rotatable bonds is 8. The Balaban J connectivity index is 1.59. The highest BCUT2D eigenvalue weighted by Crippen LogP contribution is 2.18. The molecule has 0 spiro atoms. The molecule has 154 valence electrons. The molecule has 0 saturated heterocycles. The lowest BCUT2D eigenvalue weighted by molar-refractivity contribution is 0.101. The molecule has 3 aromatic rings. The highest BCUT2D eigenvalue weighted by atomic mass is 16.5. The lowest BCUT2D eigenvalue weighted by atomic mass is 10.1. The average Bonchev–Trinajstić information content (AvgIpc) is 2.75. The Morgan fingerprint density at radius 3 is 1.90 bits per heavy atom. The predicted octanol–water partition coefficient (Wildman–Crippen LogP) is 5.62. The SMILES string of the molecule is CC(C)CCOc1ccc(C(=O)Nc2cccc(NC(=O)c3ccccc3)c2)cc1. The summed E-state index contributed by atoms with van der Waals surface area (Å²) in [6, 6.07) is 23.1. The molecule has 0 aromatic heterocycles. The van der Waals surface area contributed by atoms with Crippen LogP contribution in [0.15, 0.2) is 78.9 Å². The molecule has 0 aliphatic heterocycles. The highest BCUT2D eigenvalue weighted by molar-refractivity contribution is 6.06. The number of carbonyl (C=O) groups is 2. The van der Waals surface area contributed by atoms with Crippen LogP contribution >= 0.6 is 0 Å². The zero-order valence-corrected chi connectivity index (χ0v) is 17.2. The van der Waals surface area contributed by atoms with Gasteiger partial charge in [-0.05, 0) is 66.9 Å². The summed E-state index contributed by atoms with van der Waals surface area (Å²) in [5.74, 6) is 0.906. The van der Waals surface area contributed by atoms with Crippen molar-refractivity contribution in [2.24, 2.45) is 5.92 Å². The number of carbonyl (C=O) groups excluding carboxylic acids is 2. The first-order chi connectivity index (χ1) is 14.5. The van der Waals surface area contributed by atoms with Crippen molar-refractivity contribution < 1.29 is 14.3 Å². The Hall–Kier alpha value is -3.60. The monoisotopic (exact) mass is 402 g/mol. The van der Waals surface area contributed by atoms with Crippen LogP contribution in [0.5, 0.6) is 5.75 Å². The molecule has 2 N–H and O–H groups in total. The molecule has 30 heavy (non-hydrogen) atoms. The van der Waals surface area contributed by atoms with Crippen molar-refractivity contribution >= 4 is 23.2 Å². The smallest absolute Gasteiger partial charge is 0.255 e. The third-order valence-corrected chi connectivity index (χ3v) is 4.49. The summed E-state index contributed by atoms with van der Waals surface area (Å²) in [6.45, 7) is 4.96. The Kier molecular flexibility index (Phi) is 7.22. The second-order valence-electron chi connectivity index (χ2n) is 7.41. The molecular formula is C25H26N2O3. The van der Waals surface area contributed by atoms with Crippen LogP contribution < -0.4 is 15.4 Å². The van der Waals surface area contributed by atoms with Gasteiger partial charge >= 0.3 is 0 Å². The molecule has 3 aromatic carbocycles. The molecule has 0 heterocycles. The summed E-state index contributed by atoms with van der Waals surface area (Å²) in [5, 5.41) is 5.70. The van der Waals surface area contributed by atoms with Crippen molar-refractivity contribution in [1.82, 2.24) is 0 Å². The van der Waals surface area contributed by atoms with Crippen LogP contribution in [0.1, 0.15) is 41.0 Å². The number of benzene rings is 3. The van der Waals surface area contributed by atoms with Gasteiger partial charge in [0.1, 0.15) is 5.75 Å². The van der Waals surface area contributed by atoms with Crippen LogP contribution in [0.3, 0.4) is 0 Å². The molecule has 0 fully saturated rings. The van der Waals surface area contributed by atoms with Gasteiger partial charge in [-0.25, -0.2) is 0 Å². The zero-order valence-electron chi connectivity index (χ0n) is 17.2. The topological polar surface area (TPSA) is 67.4 Å². The van der Waals surface area contributed by atoms with Crippen molar-refractivity contribution in [3.8, 4) is 5.75 Å². The number of hydrogen-bond acceptors (Lipinski definition) is 3. The first-order valence-corrected chi connectivity index (χ1v) is 10.0. The molecule has 0 saturated carbocycles. The van der Waals surface area contributed by atoms with E-state index in [9.17, 15) is 9.59 Å². The highest BCUT2D eigenvalue weighted by Gasteiger charge is 2.09. The van der Waals surface area contributed by atoms with Gasteiger partial charge in [0.15, 0.2) is 0 Å². The van der Waals surface area contributed by atoms with E-state index in [4.69, 9.17) is 4.74 Å². The van der Waals surface area contributed by atoms with Crippen molar-refractivity contribution in [3.05, 3.63) is 90.0 Å². The molecule has 3 rings (SSSR count). The lowest BCUT2D eigenvalue weighted by Gasteiger charge is -2.10. The normalized spacial score (nSPS) is 10.5. The second-order valence-corrected chi connectivity index (χ2v) is 7.41. The molecule has 0 aliphatic carbocycles. The van der Waals surface area contributed by atoms with E-state index in [1.165, 1.54) is 0 Å². The molecule has 0 radical (unpaired) electrons. The maximum atomic E-state index is 12.5. The van der Waals surface area contributed by atoms with E-state index in [1.54, 1.807) is 60.7 Å². The molecule has 0 bridgehead atoms. The average molecular weight is 402 g/mol. The molecule has 5 nitrogen and oxygen atoms in total. The van der Waals surface area contributed by atoms with Gasteiger partial charge in [-0.15, -0.1) is 0 Å². The summed E-state index contributed by atoms with van der Waals surface area (Å²) >= 11 is 0. The quantitative estimate of drug-likeness (QED) is 0.514. The van der Waals surface area contributed by atoms with Crippen LogP contribution in [0.2, 0.25) is 0 Å². The molecule has 0 unspecified atom stereocenters. The minimum Gasteiger partial charge on any atom is -0.494 e. The van der Waals surface area contributed by atoms with E-state index < -0.39 is 0 Å². The standard InChI is InChI=1S/C25H26N2O3/c1-18(2)15-16-30-23-13-11-20(12-14-23)25(29)27-22-10-6-9-21(17-22)26-24(28)19-7-4-3-5-8-19/h3-14,17-18H,15-16H2,1-2H3,(H,26,28)(H,27,29). The predicted molar refractivity (Wildman–Crippen MR) is 120 cm³/mol. The number of anilines is 2. The van der Waals surface area contributed by atoms with E-state index in [-0.39, 0.29) is 11.8 Å². The Labute approximate surface area is 177 Å². The number of nitrogens with one attached hydrogen (secondary N) is 2. The lowest BCUT2D eigenvalue weighted by Crippen LogP contribution is -2.14. The Bertz CT molecular complexity index is 983. The molecular weight excluding hydrogens is 376 g/mol. The fourth-order valence-electron chi connectivity index (χ4n) is 2.79. The summed E-state index contributed by atoms with van der Waals surface area (Å²) in [6.07, 6.45) is 0.986. The van der Waals surface area contributed by atoms with E-state index >= 15 is 0 Å². The van der Waals surface area contributed by atoms with Gasteiger partial charge in [-0.2, -0.15) is 0 Å². The maximum Gasteiger partial charge on any atom is 0.255 e. The van der Waals surface area contributed by atoms with E-state index in [2.05, 4.69) is 24.5 Å². The minimum absolute atomic E-state index is 0.202. The zero-order chi connectivity index (χ0) is 21.3. The van der Waals surface area contributed by atoms with E-state index in [0.29, 0.717) is 35.0 Å². The molecule has 2 amide bonds. The van der Waals surface area contributed by atoms with Crippen LogP contribution in [-0.4, -0.2) is 18.4 Å². The van der Waals surface area contributed by atoms with Crippen molar-refractivity contribution in [2.75, 3.05) is 17.2 Å². The Morgan fingerprint density at radius 2 is 1.33 bits per heavy atom. The van der Waals surface area contributed by atoms with Gasteiger partial charge < -0.3 is 15.4 Å². The summed E-state index contributed by atoms with van der Waals surface area (Å²) in [5.41, 5.74) is 2.31. The fourth-order valence-corrected chi connectivity index (χ4v) is 2.79. The Morgan fingerprint density at radius 1 is 0.767 bits per heavy atom. The molecule has 5 heteroatoms. The van der Waals surface area contributed by atoms with Crippen molar-refractivity contribution in [3.63, 3.8) is 0 Å². The first-order valence-electron chi connectivity index (χ1n) is 10.0. The van der Waals surface area contributed by atoms with Crippen LogP contribution in [0, 0.1) is 5.92 Å². The van der Waals surface area contributed by atoms with Gasteiger partial charge in [-0.3, -0.25) is 9.59 Å². The first kappa shape index (κ1) is 21.1. The third kappa shape index (κ3) is 6.21. The van der Waals surface area contributed by atoms with Gasteiger partial charge in [-0.1, -0.05) is 38.1 Å². The number of hydrogen-bond donors (Lipinski definition) is 2. The number of amides is 2. The van der Waals surface area contributed by atoms with Crippen molar-refractivity contribution in [1.29, 1.82) is 0 Å². The fraction of sp³-hybridized carbons (Fsp3) is 0.200.